The summed E-state index contributed by atoms with van der Waals surface area (Å²) in [5.74, 6) is 0.767. The van der Waals surface area contributed by atoms with Crippen LogP contribution in [0, 0.1) is 12.8 Å². The summed E-state index contributed by atoms with van der Waals surface area (Å²) in [6.45, 7) is 9.74. The molecular formula is C23H29N. The van der Waals surface area contributed by atoms with Gasteiger partial charge >= 0.3 is 0 Å². The lowest BCUT2D eigenvalue weighted by molar-refractivity contribution is 0.643. The van der Waals surface area contributed by atoms with E-state index in [-0.39, 0.29) is 0 Å². The van der Waals surface area contributed by atoms with Crippen LogP contribution in [0.15, 0.2) is 78.0 Å². The Bertz CT molecular complexity index is 676. The van der Waals surface area contributed by atoms with E-state index in [1.807, 2.05) is 6.07 Å². The summed E-state index contributed by atoms with van der Waals surface area (Å²) in [4.78, 5) is 0. The smallest absolute Gasteiger partial charge is 0.0333 e. The van der Waals surface area contributed by atoms with Crippen LogP contribution in [0.25, 0.3) is 11.1 Å². The molecule has 2 aromatic rings. The zero-order valence-corrected chi connectivity index (χ0v) is 15.3. The van der Waals surface area contributed by atoms with E-state index >= 15 is 0 Å². The Morgan fingerprint density at radius 1 is 0.875 bits per heavy atom. The fraction of sp³-hybridized carbons (Fsp3) is 0.304. The molecule has 0 fully saturated rings. The summed E-state index contributed by atoms with van der Waals surface area (Å²) in [7, 11) is 0. The fourth-order valence-electron chi connectivity index (χ4n) is 2.72. The van der Waals surface area contributed by atoms with E-state index in [2.05, 4.69) is 93.7 Å². The lowest BCUT2D eigenvalue weighted by atomic mass is 10.0. The highest BCUT2D eigenvalue weighted by Crippen LogP contribution is 2.18. The molecule has 0 aliphatic carbocycles. The topological polar surface area (TPSA) is 12.0 Å². The highest BCUT2D eigenvalue weighted by molar-refractivity contribution is 5.63. The van der Waals surface area contributed by atoms with Crippen LogP contribution < -0.4 is 5.32 Å². The Balaban J connectivity index is 0.000000177. The number of hydrogen-bond donors (Lipinski definition) is 1. The summed E-state index contributed by atoms with van der Waals surface area (Å²) in [6.07, 6.45) is 5.72. The number of hydrogen-bond acceptors (Lipinski definition) is 1. The van der Waals surface area contributed by atoms with Crippen LogP contribution in [0.2, 0.25) is 0 Å². The molecular weight excluding hydrogens is 290 g/mol. The van der Waals surface area contributed by atoms with E-state index in [1.165, 1.54) is 34.4 Å². The normalized spacial score (nSPS) is 13.4. The quantitative estimate of drug-likeness (QED) is 0.717. The Kier molecular flexibility index (Phi) is 6.87. The molecule has 1 nitrogen and oxygen atoms in total. The molecule has 1 N–H and O–H groups in total. The number of benzene rings is 2. The van der Waals surface area contributed by atoms with Crippen LogP contribution in [0.5, 0.6) is 0 Å². The number of rotatable bonds is 3. The van der Waals surface area contributed by atoms with Crippen LogP contribution in [-0.4, -0.2) is 6.54 Å². The van der Waals surface area contributed by atoms with Crippen molar-refractivity contribution in [2.75, 3.05) is 6.54 Å². The summed E-state index contributed by atoms with van der Waals surface area (Å²) < 4.78 is 0. The molecule has 1 aliphatic heterocycles. The minimum absolute atomic E-state index is 0.767. The lowest BCUT2D eigenvalue weighted by Crippen LogP contribution is -2.15. The van der Waals surface area contributed by atoms with Crippen molar-refractivity contribution in [2.45, 2.75) is 34.1 Å². The zero-order valence-electron chi connectivity index (χ0n) is 15.3. The van der Waals surface area contributed by atoms with Crippen LogP contribution in [0.1, 0.15) is 32.8 Å². The van der Waals surface area contributed by atoms with Gasteiger partial charge in [-0.25, -0.2) is 0 Å². The highest BCUT2D eigenvalue weighted by atomic mass is 14.9. The van der Waals surface area contributed by atoms with Crippen molar-refractivity contribution in [2.24, 2.45) is 5.92 Å². The van der Waals surface area contributed by atoms with Gasteiger partial charge in [0.1, 0.15) is 0 Å². The van der Waals surface area contributed by atoms with Gasteiger partial charge in [0.2, 0.25) is 0 Å². The van der Waals surface area contributed by atoms with Crippen molar-refractivity contribution in [3.8, 4) is 11.1 Å². The molecule has 0 saturated carbocycles. The third-order valence-electron chi connectivity index (χ3n) is 3.95. The van der Waals surface area contributed by atoms with Gasteiger partial charge in [-0.05, 0) is 49.0 Å². The highest BCUT2D eigenvalue weighted by Gasteiger charge is 2.02. The summed E-state index contributed by atoms with van der Waals surface area (Å²) >= 11 is 0. The summed E-state index contributed by atoms with van der Waals surface area (Å²) in [5, 5.41) is 3.27. The first-order chi connectivity index (χ1) is 11.5. The Morgan fingerprint density at radius 3 is 2.08 bits per heavy atom. The van der Waals surface area contributed by atoms with Crippen molar-refractivity contribution in [3.05, 3.63) is 83.6 Å². The molecule has 0 amide bonds. The maximum absolute atomic E-state index is 3.27. The minimum Gasteiger partial charge on any atom is -0.385 e. The van der Waals surface area contributed by atoms with Crippen molar-refractivity contribution in [1.82, 2.24) is 5.32 Å². The van der Waals surface area contributed by atoms with E-state index in [4.69, 9.17) is 0 Å². The average Bonchev–Trinajstić information content (AvgIpc) is 2.56. The molecule has 24 heavy (non-hydrogen) atoms. The number of aryl methyl sites for hydroxylation is 1. The standard InChI is InChI=1S/C13H12.C10H17N/c1-11-7-9-13(10-8-11)12-5-3-2-4-6-12;1-8(2)6-10-4-5-11-9(3)7-10/h2-10H,1H3;4,7-8,11H,5-6H2,1-3H3. The minimum atomic E-state index is 0.767. The Morgan fingerprint density at radius 2 is 1.50 bits per heavy atom. The SMILES string of the molecule is CC1=CC(CC(C)C)=CCN1.Cc1ccc(-c2ccccc2)cc1. The van der Waals surface area contributed by atoms with Crippen molar-refractivity contribution in [1.29, 1.82) is 0 Å². The van der Waals surface area contributed by atoms with Crippen LogP contribution in [-0.2, 0) is 0 Å². The summed E-state index contributed by atoms with van der Waals surface area (Å²) in [6, 6.07) is 19.0. The van der Waals surface area contributed by atoms with Crippen molar-refractivity contribution >= 4 is 0 Å². The maximum atomic E-state index is 3.27. The molecule has 3 rings (SSSR count). The molecule has 1 heteroatoms. The van der Waals surface area contributed by atoms with Gasteiger partial charge in [-0.15, -0.1) is 0 Å². The molecule has 126 valence electrons. The lowest BCUT2D eigenvalue weighted by Gasteiger charge is -2.14. The third kappa shape index (κ3) is 6.08. The second kappa shape index (κ2) is 9.12. The number of allylic oxidation sites excluding steroid dienone is 3. The number of nitrogens with one attached hydrogen (secondary N) is 1. The third-order valence-corrected chi connectivity index (χ3v) is 3.95. The molecule has 0 unspecified atom stereocenters. The first-order valence-corrected chi connectivity index (χ1v) is 8.78. The van der Waals surface area contributed by atoms with E-state index < -0.39 is 0 Å². The van der Waals surface area contributed by atoms with Crippen LogP contribution in [0.3, 0.4) is 0 Å². The van der Waals surface area contributed by atoms with E-state index in [9.17, 15) is 0 Å². The average molecular weight is 319 g/mol. The van der Waals surface area contributed by atoms with Gasteiger partial charge in [-0.1, -0.05) is 80.1 Å². The molecule has 1 heterocycles. The van der Waals surface area contributed by atoms with Gasteiger partial charge in [-0.3, -0.25) is 0 Å². The van der Waals surface area contributed by atoms with Crippen molar-refractivity contribution < 1.29 is 0 Å². The molecule has 0 spiro atoms. The zero-order chi connectivity index (χ0) is 17.4. The van der Waals surface area contributed by atoms with E-state index in [0.717, 1.165) is 12.5 Å². The molecule has 0 radical (unpaired) electrons. The first kappa shape index (κ1) is 18.1. The molecule has 0 atom stereocenters. The Labute approximate surface area is 147 Å². The summed E-state index contributed by atoms with van der Waals surface area (Å²) in [5.41, 5.74) is 6.65. The largest absolute Gasteiger partial charge is 0.385 e. The predicted molar refractivity (Wildman–Crippen MR) is 106 cm³/mol. The van der Waals surface area contributed by atoms with E-state index in [0.29, 0.717) is 0 Å². The van der Waals surface area contributed by atoms with Crippen LogP contribution in [0.4, 0.5) is 0 Å². The molecule has 0 aromatic heterocycles. The van der Waals surface area contributed by atoms with Crippen molar-refractivity contribution in [3.63, 3.8) is 0 Å². The van der Waals surface area contributed by atoms with Gasteiger partial charge in [-0.2, -0.15) is 0 Å². The van der Waals surface area contributed by atoms with Gasteiger partial charge in [0.05, 0.1) is 0 Å². The molecule has 1 aliphatic rings. The second-order valence-corrected chi connectivity index (χ2v) is 6.82. The van der Waals surface area contributed by atoms with Gasteiger partial charge < -0.3 is 5.32 Å². The molecule has 2 aromatic carbocycles. The van der Waals surface area contributed by atoms with Crippen LogP contribution >= 0.6 is 0 Å². The predicted octanol–water partition coefficient (Wildman–Crippen LogP) is 6.13. The second-order valence-electron chi connectivity index (χ2n) is 6.82. The molecule has 0 bridgehead atoms. The Hall–Kier alpha value is -2.28. The number of dihydropyridines is 1. The van der Waals surface area contributed by atoms with E-state index in [1.54, 1.807) is 0 Å². The van der Waals surface area contributed by atoms with Gasteiger partial charge in [0.25, 0.3) is 0 Å². The first-order valence-electron chi connectivity index (χ1n) is 8.78. The molecule has 0 saturated heterocycles. The van der Waals surface area contributed by atoms with Gasteiger partial charge in [0.15, 0.2) is 0 Å². The van der Waals surface area contributed by atoms with Gasteiger partial charge in [0, 0.05) is 12.2 Å². The fourth-order valence-corrected chi connectivity index (χ4v) is 2.72. The maximum Gasteiger partial charge on any atom is 0.0333 e. The monoisotopic (exact) mass is 319 g/mol.